The summed E-state index contributed by atoms with van der Waals surface area (Å²) in [4.78, 5) is 17.5. The van der Waals surface area contributed by atoms with E-state index in [1.165, 1.54) is 29.5 Å². The number of nitrogens with zero attached hydrogens (tertiary/aromatic N) is 4. The number of pyridine rings is 1. The van der Waals surface area contributed by atoms with E-state index >= 15 is 0 Å². The first-order valence-corrected chi connectivity index (χ1v) is 8.77. The molecule has 0 atom stereocenters. The number of aromatic nitrogens is 3. The van der Waals surface area contributed by atoms with E-state index in [0.29, 0.717) is 24.5 Å². The maximum atomic E-state index is 13.7. The number of ether oxygens (including phenoxy) is 2. The minimum atomic E-state index is -0.655. The van der Waals surface area contributed by atoms with Gasteiger partial charge >= 0.3 is 0 Å². The smallest absolute Gasteiger partial charge is 0.266 e. The van der Waals surface area contributed by atoms with E-state index < -0.39 is 5.95 Å². The second-order valence-electron chi connectivity index (χ2n) is 6.52. The third-order valence-electron chi connectivity index (χ3n) is 4.65. The van der Waals surface area contributed by atoms with Gasteiger partial charge in [0.25, 0.3) is 11.5 Å². The molecule has 28 heavy (non-hydrogen) atoms. The summed E-state index contributed by atoms with van der Waals surface area (Å²) >= 11 is 0. The summed E-state index contributed by atoms with van der Waals surface area (Å²) in [6.45, 7) is 1.55. The molecule has 3 aromatic rings. The van der Waals surface area contributed by atoms with Crippen LogP contribution in [-0.2, 0) is 26.7 Å². The molecule has 0 spiro atoms. The van der Waals surface area contributed by atoms with Gasteiger partial charge in [-0.05, 0) is 41.5 Å². The highest BCUT2D eigenvalue weighted by molar-refractivity contribution is 5.48. The Hall–Kier alpha value is -3.42. The zero-order valence-corrected chi connectivity index (χ0v) is 15.6. The van der Waals surface area contributed by atoms with Gasteiger partial charge < -0.3 is 14.4 Å². The van der Waals surface area contributed by atoms with Crippen LogP contribution in [0.25, 0.3) is 0 Å². The van der Waals surface area contributed by atoms with E-state index in [9.17, 15) is 9.18 Å². The first-order valence-electron chi connectivity index (χ1n) is 8.77. The molecular weight excluding hydrogens is 363 g/mol. The molecular formula is C20H19FN4O3. The maximum Gasteiger partial charge on any atom is 0.266 e. The van der Waals surface area contributed by atoms with Crippen LogP contribution >= 0.6 is 0 Å². The predicted molar refractivity (Wildman–Crippen MR) is 101 cm³/mol. The highest BCUT2D eigenvalue weighted by atomic mass is 19.1. The second-order valence-corrected chi connectivity index (χ2v) is 6.52. The lowest BCUT2D eigenvalue weighted by atomic mass is 10.1. The number of anilines is 1. The molecule has 0 saturated carbocycles. The standard InChI is InChI=1S/C20H19FN4O3/c1-24-19(26)8-7-18(23-24)25-10-13-3-5-16(9-14(13)11-25)28-12-15-4-6-17(27-2)20(21)22-15/h3-9H,10-12H2,1-2H3. The average Bonchev–Trinajstić information content (AvgIpc) is 3.12. The second kappa shape index (κ2) is 7.30. The quantitative estimate of drug-likeness (QED) is 0.632. The molecule has 1 aliphatic rings. The zero-order valence-electron chi connectivity index (χ0n) is 15.6. The predicted octanol–water partition coefficient (Wildman–Crippen LogP) is 2.42. The number of benzene rings is 1. The van der Waals surface area contributed by atoms with Crippen LogP contribution in [0.5, 0.6) is 11.5 Å². The Balaban J connectivity index is 1.45. The van der Waals surface area contributed by atoms with Crippen molar-refractivity contribution in [1.29, 1.82) is 0 Å². The van der Waals surface area contributed by atoms with Crippen LogP contribution < -0.4 is 19.9 Å². The highest BCUT2D eigenvalue weighted by Gasteiger charge is 2.21. The van der Waals surface area contributed by atoms with Crippen LogP contribution in [-0.4, -0.2) is 21.9 Å². The van der Waals surface area contributed by atoms with Gasteiger partial charge in [-0.15, -0.1) is 0 Å². The van der Waals surface area contributed by atoms with Crippen molar-refractivity contribution in [3.05, 3.63) is 75.6 Å². The molecule has 0 unspecified atom stereocenters. The van der Waals surface area contributed by atoms with Crippen molar-refractivity contribution in [2.24, 2.45) is 7.05 Å². The summed E-state index contributed by atoms with van der Waals surface area (Å²) in [5.74, 6) is 0.886. The summed E-state index contributed by atoms with van der Waals surface area (Å²) < 4.78 is 25.7. The van der Waals surface area contributed by atoms with Gasteiger partial charge in [-0.3, -0.25) is 4.79 Å². The fourth-order valence-corrected chi connectivity index (χ4v) is 3.13. The molecule has 0 N–H and O–H groups in total. The van der Waals surface area contributed by atoms with Crippen LogP contribution in [0, 0.1) is 5.95 Å². The number of aryl methyl sites for hydroxylation is 1. The summed E-state index contributed by atoms with van der Waals surface area (Å²) in [7, 11) is 3.03. The van der Waals surface area contributed by atoms with Gasteiger partial charge in [-0.2, -0.15) is 9.49 Å². The largest absolute Gasteiger partial charge is 0.492 e. The first kappa shape index (κ1) is 18.0. The van der Waals surface area contributed by atoms with E-state index in [1.807, 2.05) is 18.2 Å². The third kappa shape index (κ3) is 3.53. The summed E-state index contributed by atoms with van der Waals surface area (Å²) in [6, 6.07) is 12.3. The molecule has 0 radical (unpaired) electrons. The Kier molecular flexibility index (Phi) is 4.68. The zero-order chi connectivity index (χ0) is 19.7. The summed E-state index contributed by atoms with van der Waals surface area (Å²) in [5, 5.41) is 4.30. The lowest BCUT2D eigenvalue weighted by Gasteiger charge is -2.16. The first-order chi connectivity index (χ1) is 13.5. The van der Waals surface area contributed by atoms with Crippen molar-refractivity contribution >= 4 is 5.82 Å². The fourth-order valence-electron chi connectivity index (χ4n) is 3.13. The Morgan fingerprint density at radius 3 is 2.68 bits per heavy atom. The number of fused-ring (bicyclic) bond motifs is 1. The molecule has 0 amide bonds. The summed E-state index contributed by atoms with van der Waals surface area (Å²) in [6.07, 6.45) is 0. The van der Waals surface area contributed by atoms with Crippen LogP contribution in [0.4, 0.5) is 10.2 Å². The number of hydrogen-bond donors (Lipinski definition) is 0. The molecule has 0 saturated heterocycles. The van der Waals surface area contributed by atoms with Crippen molar-refractivity contribution in [1.82, 2.24) is 14.8 Å². The van der Waals surface area contributed by atoms with Gasteiger partial charge in [0.05, 0.1) is 12.8 Å². The Morgan fingerprint density at radius 2 is 1.93 bits per heavy atom. The van der Waals surface area contributed by atoms with Gasteiger partial charge in [0.1, 0.15) is 18.2 Å². The topological polar surface area (TPSA) is 69.5 Å². The Bertz CT molecular complexity index is 1080. The molecule has 1 aliphatic heterocycles. The Labute approximate surface area is 161 Å². The average molecular weight is 382 g/mol. The van der Waals surface area contributed by atoms with Gasteiger partial charge in [-0.1, -0.05) is 6.07 Å². The summed E-state index contributed by atoms with van der Waals surface area (Å²) in [5.41, 5.74) is 2.65. The number of halogens is 1. The molecule has 2 aromatic heterocycles. The number of rotatable bonds is 5. The van der Waals surface area contributed by atoms with Gasteiger partial charge in [0.15, 0.2) is 5.75 Å². The van der Waals surface area contributed by atoms with Crippen LogP contribution in [0.3, 0.4) is 0 Å². The molecule has 144 valence electrons. The maximum absolute atomic E-state index is 13.7. The monoisotopic (exact) mass is 382 g/mol. The van der Waals surface area contributed by atoms with Crippen LogP contribution in [0.2, 0.25) is 0 Å². The fraction of sp³-hybridized carbons (Fsp3) is 0.250. The third-order valence-corrected chi connectivity index (χ3v) is 4.65. The lowest BCUT2D eigenvalue weighted by molar-refractivity contribution is 0.297. The SMILES string of the molecule is COc1ccc(COc2ccc3c(c2)CN(c2ccc(=O)n(C)n2)C3)nc1F. The van der Waals surface area contributed by atoms with Crippen molar-refractivity contribution in [2.75, 3.05) is 12.0 Å². The molecule has 7 nitrogen and oxygen atoms in total. The van der Waals surface area contributed by atoms with E-state index in [0.717, 1.165) is 11.4 Å². The van der Waals surface area contributed by atoms with Crippen molar-refractivity contribution in [3.8, 4) is 11.5 Å². The van der Waals surface area contributed by atoms with Crippen LogP contribution in [0.15, 0.2) is 47.3 Å². The molecule has 4 rings (SSSR count). The van der Waals surface area contributed by atoms with Crippen molar-refractivity contribution in [3.63, 3.8) is 0 Å². The van der Waals surface area contributed by atoms with Gasteiger partial charge in [0, 0.05) is 26.2 Å². The molecule has 0 bridgehead atoms. The van der Waals surface area contributed by atoms with Crippen molar-refractivity contribution < 1.29 is 13.9 Å². The number of hydrogen-bond acceptors (Lipinski definition) is 6. The molecule has 3 heterocycles. The molecule has 0 fully saturated rings. The van der Waals surface area contributed by atoms with E-state index in [2.05, 4.69) is 15.0 Å². The minimum absolute atomic E-state index is 0.105. The van der Waals surface area contributed by atoms with E-state index in [-0.39, 0.29) is 17.9 Å². The normalized spacial score (nSPS) is 12.8. The van der Waals surface area contributed by atoms with Crippen molar-refractivity contribution in [2.45, 2.75) is 19.7 Å². The lowest BCUT2D eigenvalue weighted by Crippen LogP contribution is -2.23. The molecule has 8 heteroatoms. The van der Waals surface area contributed by atoms with Gasteiger partial charge in [-0.25, -0.2) is 9.67 Å². The highest BCUT2D eigenvalue weighted by Crippen LogP contribution is 2.29. The van der Waals surface area contributed by atoms with Gasteiger partial charge in [0.2, 0.25) is 0 Å². The molecule has 0 aliphatic carbocycles. The molecule has 1 aromatic carbocycles. The Morgan fingerprint density at radius 1 is 1.11 bits per heavy atom. The minimum Gasteiger partial charge on any atom is -0.492 e. The van der Waals surface area contributed by atoms with Crippen LogP contribution in [0.1, 0.15) is 16.8 Å². The van der Waals surface area contributed by atoms with E-state index in [1.54, 1.807) is 19.2 Å². The number of methoxy groups -OCH3 is 1. The van der Waals surface area contributed by atoms with E-state index in [4.69, 9.17) is 9.47 Å².